The molecular formula is C16H33N5O5S. The van der Waals surface area contributed by atoms with Crippen LogP contribution < -0.4 is 10.6 Å². The van der Waals surface area contributed by atoms with Gasteiger partial charge in [-0.15, -0.1) is 0 Å². The van der Waals surface area contributed by atoms with Crippen molar-refractivity contribution in [2.45, 2.75) is 0 Å². The first-order valence-corrected chi connectivity index (χ1v) is 11.1. The number of nitrogens with one attached hydrogen (secondary N) is 2. The number of hydrogen-bond acceptors (Lipinski definition) is 7. The van der Waals surface area contributed by atoms with Gasteiger partial charge in [-0.2, -0.15) is 0 Å². The molecule has 10 nitrogen and oxygen atoms in total. The lowest BCUT2D eigenvalue weighted by Crippen LogP contribution is -2.54. The number of piperazine rings is 1. The summed E-state index contributed by atoms with van der Waals surface area (Å²) < 4.78 is 32.3. The van der Waals surface area contributed by atoms with Gasteiger partial charge in [0.15, 0.2) is 5.96 Å². The highest BCUT2D eigenvalue weighted by atomic mass is 32.2. The second-order valence-corrected chi connectivity index (χ2v) is 8.58. The minimum absolute atomic E-state index is 0.00856. The van der Waals surface area contributed by atoms with Crippen LogP contribution in [0, 0.1) is 0 Å². The Balaban J connectivity index is 2.20. The first-order chi connectivity index (χ1) is 12.9. The minimum atomic E-state index is -2.99. The van der Waals surface area contributed by atoms with Crippen LogP contribution in [0.25, 0.3) is 0 Å². The summed E-state index contributed by atoms with van der Waals surface area (Å²) in [6.07, 6.45) is 1.19. The van der Waals surface area contributed by atoms with Gasteiger partial charge in [0.05, 0.1) is 32.1 Å². The zero-order chi connectivity index (χ0) is 20.1. The topological polar surface area (TPSA) is 113 Å². The number of carbonyl (C=O) groups is 1. The molecule has 0 atom stereocenters. The van der Waals surface area contributed by atoms with Gasteiger partial charge in [-0.1, -0.05) is 0 Å². The summed E-state index contributed by atoms with van der Waals surface area (Å²) in [5.74, 6) is 0.822. The van der Waals surface area contributed by atoms with Crippen molar-refractivity contribution in [3.8, 4) is 0 Å². The summed E-state index contributed by atoms with van der Waals surface area (Å²) in [5, 5.41) is 6.04. The van der Waals surface area contributed by atoms with Gasteiger partial charge in [-0.3, -0.25) is 14.7 Å². The van der Waals surface area contributed by atoms with Crippen LogP contribution >= 0.6 is 0 Å². The number of ether oxygens (including phenoxy) is 2. The van der Waals surface area contributed by atoms with Crippen LogP contribution in [0.15, 0.2) is 4.99 Å². The first-order valence-electron chi connectivity index (χ1n) is 9.04. The molecule has 0 spiro atoms. The molecule has 2 N–H and O–H groups in total. The molecule has 1 saturated heterocycles. The van der Waals surface area contributed by atoms with E-state index < -0.39 is 9.84 Å². The number of rotatable bonds is 11. The number of methoxy groups -OCH3 is 1. The third kappa shape index (κ3) is 11.1. The van der Waals surface area contributed by atoms with E-state index in [0.29, 0.717) is 32.8 Å². The Morgan fingerprint density at radius 2 is 1.74 bits per heavy atom. The van der Waals surface area contributed by atoms with Crippen molar-refractivity contribution in [1.82, 2.24) is 20.4 Å². The van der Waals surface area contributed by atoms with Crippen LogP contribution in [-0.2, 0) is 24.1 Å². The molecule has 158 valence electrons. The Morgan fingerprint density at radius 3 is 2.33 bits per heavy atom. The summed E-state index contributed by atoms with van der Waals surface area (Å²) in [5.41, 5.74) is 0. The molecule has 0 aromatic heterocycles. The molecule has 0 aliphatic carbocycles. The van der Waals surface area contributed by atoms with Crippen molar-refractivity contribution in [3.05, 3.63) is 0 Å². The van der Waals surface area contributed by atoms with E-state index in [-0.39, 0.29) is 18.3 Å². The molecular weight excluding hydrogens is 374 g/mol. The van der Waals surface area contributed by atoms with Crippen molar-refractivity contribution in [3.63, 3.8) is 0 Å². The van der Waals surface area contributed by atoms with Crippen molar-refractivity contribution >= 4 is 21.7 Å². The van der Waals surface area contributed by atoms with Crippen molar-refractivity contribution in [1.29, 1.82) is 0 Å². The second-order valence-electron chi connectivity index (χ2n) is 6.32. The predicted molar refractivity (Wildman–Crippen MR) is 105 cm³/mol. The van der Waals surface area contributed by atoms with E-state index in [1.807, 2.05) is 0 Å². The molecule has 1 amide bonds. The zero-order valence-electron chi connectivity index (χ0n) is 16.6. The molecule has 27 heavy (non-hydrogen) atoms. The largest absolute Gasteiger partial charge is 0.383 e. The van der Waals surface area contributed by atoms with E-state index in [4.69, 9.17) is 9.47 Å². The fourth-order valence-corrected chi connectivity index (χ4v) is 2.97. The summed E-state index contributed by atoms with van der Waals surface area (Å²) in [6, 6.07) is 0. The van der Waals surface area contributed by atoms with E-state index in [0.717, 1.165) is 32.1 Å². The van der Waals surface area contributed by atoms with Gasteiger partial charge in [0.2, 0.25) is 5.91 Å². The molecule has 0 unspecified atom stereocenters. The fourth-order valence-electron chi connectivity index (χ4n) is 2.55. The van der Waals surface area contributed by atoms with Crippen LogP contribution in [0.4, 0.5) is 0 Å². The van der Waals surface area contributed by atoms with Gasteiger partial charge < -0.3 is 25.0 Å². The minimum Gasteiger partial charge on any atom is -0.383 e. The molecule has 0 bridgehead atoms. The average Bonchev–Trinajstić information content (AvgIpc) is 2.61. The zero-order valence-corrected chi connectivity index (χ0v) is 17.4. The van der Waals surface area contributed by atoms with Crippen LogP contribution in [0.3, 0.4) is 0 Å². The average molecular weight is 408 g/mol. The molecule has 1 heterocycles. The van der Waals surface area contributed by atoms with Crippen LogP contribution in [0.1, 0.15) is 0 Å². The molecule has 0 aromatic rings. The summed E-state index contributed by atoms with van der Waals surface area (Å²) in [4.78, 5) is 20.4. The highest BCUT2D eigenvalue weighted by molar-refractivity contribution is 7.90. The smallest absolute Gasteiger partial charge is 0.234 e. The summed E-state index contributed by atoms with van der Waals surface area (Å²) in [7, 11) is 0.343. The Kier molecular flexibility index (Phi) is 11.3. The fraction of sp³-hybridized carbons (Fsp3) is 0.875. The lowest BCUT2D eigenvalue weighted by Gasteiger charge is -2.36. The SMILES string of the molecule is CN=C(NCCOCCS(C)(=O)=O)N1CCN(CC(=O)NCCOC)CC1. The highest BCUT2D eigenvalue weighted by Crippen LogP contribution is 2.02. The van der Waals surface area contributed by atoms with Crippen LogP contribution in [0.2, 0.25) is 0 Å². The van der Waals surface area contributed by atoms with Gasteiger partial charge in [0.25, 0.3) is 0 Å². The van der Waals surface area contributed by atoms with E-state index in [1.165, 1.54) is 6.26 Å². The molecule has 1 aliphatic heterocycles. The quantitative estimate of drug-likeness (QED) is 0.230. The van der Waals surface area contributed by atoms with Gasteiger partial charge in [0.1, 0.15) is 9.84 Å². The highest BCUT2D eigenvalue weighted by Gasteiger charge is 2.20. The number of sulfone groups is 1. The number of aliphatic imine (C=N–C) groups is 1. The van der Waals surface area contributed by atoms with E-state index in [2.05, 4.69) is 25.4 Å². The number of carbonyl (C=O) groups excluding carboxylic acids is 1. The monoisotopic (exact) mass is 407 g/mol. The molecule has 0 radical (unpaired) electrons. The van der Waals surface area contributed by atoms with Gasteiger partial charge >= 0.3 is 0 Å². The maximum absolute atomic E-state index is 11.8. The number of guanidine groups is 1. The normalized spacial score (nSPS) is 16.4. The van der Waals surface area contributed by atoms with Crippen LogP contribution in [-0.4, -0.2) is 122 Å². The number of amides is 1. The van der Waals surface area contributed by atoms with Crippen molar-refractivity contribution in [2.24, 2.45) is 4.99 Å². The van der Waals surface area contributed by atoms with Crippen molar-refractivity contribution in [2.75, 3.05) is 91.8 Å². The second kappa shape index (κ2) is 12.9. The van der Waals surface area contributed by atoms with E-state index in [9.17, 15) is 13.2 Å². The molecule has 11 heteroatoms. The number of hydrogen-bond donors (Lipinski definition) is 2. The molecule has 1 aliphatic rings. The first kappa shape index (κ1) is 23.6. The third-order valence-electron chi connectivity index (χ3n) is 4.01. The Labute approximate surface area is 162 Å². The van der Waals surface area contributed by atoms with Gasteiger partial charge in [-0.05, 0) is 0 Å². The van der Waals surface area contributed by atoms with Gasteiger partial charge in [0, 0.05) is 59.7 Å². The molecule has 1 rings (SSSR count). The van der Waals surface area contributed by atoms with E-state index in [1.54, 1.807) is 14.2 Å². The van der Waals surface area contributed by atoms with Crippen molar-refractivity contribution < 1.29 is 22.7 Å². The molecule has 1 fully saturated rings. The van der Waals surface area contributed by atoms with Crippen LogP contribution in [0.5, 0.6) is 0 Å². The predicted octanol–water partition coefficient (Wildman–Crippen LogP) is -2.00. The lowest BCUT2D eigenvalue weighted by molar-refractivity contribution is -0.122. The number of nitrogens with zero attached hydrogens (tertiary/aromatic N) is 3. The van der Waals surface area contributed by atoms with E-state index >= 15 is 0 Å². The Morgan fingerprint density at radius 1 is 1.07 bits per heavy atom. The Bertz CT molecular complexity index is 562. The standard InChI is InChI=1S/C16H33N5O5S/c1-17-16(19-5-11-26-12-13-27(3,23)24)21-8-6-20(7-9-21)14-15(22)18-4-10-25-2/h4-14H2,1-3H3,(H,17,19)(H,18,22). The third-order valence-corrected chi connectivity index (χ3v) is 4.92. The van der Waals surface area contributed by atoms with Gasteiger partial charge in [-0.25, -0.2) is 8.42 Å². The maximum Gasteiger partial charge on any atom is 0.234 e. The summed E-state index contributed by atoms with van der Waals surface area (Å²) in [6.45, 7) is 5.71. The molecule has 0 aromatic carbocycles. The Hall–Kier alpha value is -1.43. The molecule has 0 saturated carbocycles. The lowest BCUT2D eigenvalue weighted by atomic mass is 10.3. The summed E-state index contributed by atoms with van der Waals surface area (Å²) >= 11 is 0. The maximum atomic E-state index is 11.8.